The summed E-state index contributed by atoms with van der Waals surface area (Å²) in [5, 5.41) is 8.08. The average Bonchev–Trinajstić information content (AvgIpc) is 3.25. The molecule has 0 fully saturated rings. The van der Waals surface area contributed by atoms with Gasteiger partial charge >= 0.3 is 0 Å². The van der Waals surface area contributed by atoms with Gasteiger partial charge in [-0.2, -0.15) is 11.8 Å². The Morgan fingerprint density at radius 2 is 1.87 bits per heavy atom. The Morgan fingerprint density at radius 3 is 2.53 bits per heavy atom. The second-order valence-electron chi connectivity index (χ2n) is 6.43. The number of nitrogens with zero attached hydrogens (tertiary/aromatic N) is 1. The van der Waals surface area contributed by atoms with E-state index in [-0.39, 0.29) is 11.8 Å². The predicted octanol–water partition coefficient (Wildman–Crippen LogP) is 4.31. The number of nitrogens with one attached hydrogen (secondary N) is 2. The van der Waals surface area contributed by atoms with Crippen molar-refractivity contribution in [1.29, 1.82) is 0 Å². The molecule has 3 aromatic rings. The van der Waals surface area contributed by atoms with E-state index in [1.165, 1.54) is 11.3 Å². The van der Waals surface area contributed by atoms with Crippen LogP contribution >= 0.6 is 23.1 Å². The number of amides is 2. The van der Waals surface area contributed by atoms with Gasteiger partial charge in [-0.3, -0.25) is 9.59 Å². The summed E-state index contributed by atoms with van der Waals surface area (Å²) in [6, 6.07) is 15.9. The van der Waals surface area contributed by atoms with Gasteiger partial charge in [-0.1, -0.05) is 30.3 Å². The first-order chi connectivity index (χ1) is 14.6. The molecule has 0 radical (unpaired) electrons. The van der Waals surface area contributed by atoms with Crippen molar-refractivity contribution in [3.63, 3.8) is 0 Å². The Hall–Kier alpha value is -2.84. The molecular weight excluding hydrogens is 418 g/mol. The first-order valence-electron chi connectivity index (χ1n) is 9.36. The summed E-state index contributed by atoms with van der Waals surface area (Å²) < 4.78 is 5.12. The van der Waals surface area contributed by atoms with E-state index in [4.69, 9.17) is 4.74 Å². The van der Waals surface area contributed by atoms with Gasteiger partial charge in [0.1, 0.15) is 11.8 Å². The quantitative estimate of drug-likeness (QED) is 0.517. The van der Waals surface area contributed by atoms with Crippen LogP contribution in [0, 0.1) is 0 Å². The molecule has 2 N–H and O–H groups in total. The van der Waals surface area contributed by atoms with Crippen molar-refractivity contribution < 1.29 is 14.3 Å². The third-order valence-corrected chi connectivity index (χ3v) is 5.79. The number of thiazole rings is 1. The zero-order valence-electron chi connectivity index (χ0n) is 16.8. The van der Waals surface area contributed by atoms with E-state index in [0.29, 0.717) is 22.9 Å². The molecule has 1 heterocycles. The van der Waals surface area contributed by atoms with E-state index >= 15 is 0 Å². The van der Waals surface area contributed by atoms with Crippen molar-refractivity contribution in [3.05, 3.63) is 65.5 Å². The summed E-state index contributed by atoms with van der Waals surface area (Å²) >= 11 is 2.98. The van der Waals surface area contributed by atoms with Gasteiger partial charge in [0.05, 0.1) is 12.8 Å². The highest BCUT2D eigenvalue weighted by molar-refractivity contribution is 7.98. The van der Waals surface area contributed by atoms with E-state index in [0.717, 1.165) is 17.0 Å². The topological polar surface area (TPSA) is 80.3 Å². The minimum atomic E-state index is -0.656. The maximum Gasteiger partial charge on any atom is 0.251 e. The van der Waals surface area contributed by atoms with Gasteiger partial charge in [0, 0.05) is 16.5 Å². The highest BCUT2D eigenvalue weighted by Crippen LogP contribution is 2.24. The third-order valence-electron chi connectivity index (χ3n) is 4.39. The highest BCUT2D eigenvalue weighted by Gasteiger charge is 2.22. The van der Waals surface area contributed by atoms with Crippen LogP contribution in [0.4, 0.5) is 5.13 Å². The van der Waals surface area contributed by atoms with Crippen LogP contribution in [0.5, 0.6) is 5.75 Å². The van der Waals surface area contributed by atoms with Crippen molar-refractivity contribution in [2.75, 3.05) is 24.4 Å². The van der Waals surface area contributed by atoms with E-state index in [1.807, 2.05) is 42.0 Å². The Kier molecular flexibility index (Phi) is 7.87. The first kappa shape index (κ1) is 21.9. The van der Waals surface area contributed by atoms with Crippen molar-refractivity contribution in [2.24, 2.45) is 0 Å². The Balaban J connectivity index is 1.67. The van der Waals surface area contributed by atoms with Crippen molar-refractivity contribution in [3.8, 4) is 17.0 Å². The molecule has 0 saturated carbocycles. The molecule has 0 aliphatic heterocycles. The maximum atomic E-state index is 12.8. The minimum Gasteiger partial charge on any atom is -0.497 e. The number of carbonyl (C=O) groups excluding carboxylic acids is 2. The smallest absolute Gasteiger partial charge is 0.251 e. The number of hydrogen-bond donors (Lipinski definition) is 2. The van der Waals surface area contributed by atoms with E-state index < -0.39 is 6.04 Å². The van der Waals surface area contributed by atoms with Gasteiger partial charge < -0.3 is 15.4 Å². The monoisotopic (exact) mass is 441 g/mol. The van der Waals surface area contributed by atoms with E-state index in [2.05, 4.69) is 15.6 Å². The van der Waals surface area contributed by atoms with Crippen LogP contribution in [-0.2, 0) is 4.79 Å². The lowest BCUT2D eigenvalue weighted by atomic mass is 10.1. The Labute approximate surface area is 184 Å². The van der Waals surface area contributed by atoms with Crippen LogP contribution < -0.4 is 15.4 Å². The van der Waals surface area contributed by atoms with Crippen molar-refractivity contribution in [2.45, 2.75) is 12.5 Å². The zero-order chi connectivity index (χ0) is 21.3. The molecule has 8 heteroatoms. The summed E-state index contributed by atoms with van der Waals surface area (Å²) in [6.07, 6.45) is 2.49. The fourth-order valence-electron chi connectivity index (χ4n) is 2.75. The maximum absolute atomic E-state index is 12.8. The number of rotatable bonds is 9. The summed E-state index contributed by atoms with van der Waals surface area (Å²) in [4.78, 5) is 29.9. The Morgan fingerprint density at radius 1 is 1.13 bits per heavy atom. The Bertz CT molecular complexity index is 975. The molecule has 6 nitrogen and oxygen atoms in total. The van der Waals surface area contributed by atoms with Crippen LogP contribution in [-0.4, -0.2) is 42.0 Å². The molecule has 0 aliphatic rings. The molecule has 0 bridgehead atoms. The number of methoxy groups -OCH3 is 1. The minimum absolute atomic E-state index is 0.278. The van der Waals surface area contributed by atoms with Gasteiger partial charge in [0.25, 0.3) is 5.91 Å². The molecule has 30 heavy (non-hydrogen) atoms. The van der Waals surface area contributed by atoms with Gasteiger partial charge in [-0.15, -0.1) is 11.3 Å². The number of benzene rings is 2. The van der Waals surface area contributed by atoms with Crippen molar-refractivity contribution in [1.82, 2.24) is 10.3 Å². The second-order valence-corrected chi connectivity index (χ2v) is 8.27. The molecule has 1 aromatic heterocycles. The molecular formula is C22H23N3O3S2. The molecule has 2 aromatic carbocycles. The van der Waals surface area contributed by atoms with Crippen LogP contribution in [0.1, 0.15) is 16.8 Å². The van der Waals surface area contributed by atoms with E-state index in [9.17, 15) is 9.59 Å². The summed E-state index contributed by atoms with van der Waals surface area (Å²) in [5.74, 6) is 0.831. The van der Waals surface area contributed by atoms with Gasteiger partial charge in [-0.25, -0.2) is 4.98 Å². The van der Waals surface area contributed by atoms with Gasteiger partial charge in [-0.05, 0) is 42.7 Å². The molecule has 2 amide bonds. The SMILES string of the molecule is COc1ccc(C(=O)NC(CCSC)C(=O)Nc2nc(-c3ccccc3)cs2)cc1. The first-order valence-corrected chi connectivity index (χ1v) is 11.6. The van der Waals surface area contributed by atoms with Crippen LogP contribution in [0.3, 0.4) is 0 Å². The summed E-state index contributed by atoms with van der Waals surface area (Å²) in [7, 11) is 1.57. The number of thioether (sulfide) groups is 1. The van der Waals surface area contributed by atoms with Crippen LogP contribution in [0.2, 0.25) is 0 Å². The zero-order valence-corrected chi connectivity index (χ0v) is 18.4. The van der Waals surface area contributed by atoms with Crippen LogP contribution in [0.15, 0.2) is 60.0 Å². The number of ether oxygens (including phenoxy) is 1. The molecule has 0 aliphatic carbocycles. The number of hydrogen-bond acceptors (Lipinski definition) is 6. The normalized spacial score (nSPS) is 11.5. The number of carbonyl (C=O) groups is 2. The van der Waals surface area contributed by atoms with Crippen LogP contribution in [0.25, 0.3) is 11.3 Å². The third kappa shape index (κ3) is 5.84. The lowest BCUT2D eigenvalue weighted by Crippen LogP contribution is -2.44. The summed E-state index contributed by atoms with van der Waals surface area (Å²) in [6.45, 7) is 0. The molecule has 1 unspecified atom stereocenters. The van der Waals surface area contributed by atoms with Gasteiger partial charge in [0.2, 0.25) is 5.91 Å². The fraction of sp³-hybridized carbons (Fsp3) is 0.227. The van der Waals surface area contributed by atoms with Gasteiger partial charge in [0.15, 0.2) is 5.13 Å². The molecule has 0 spiro atoms. The average molecular weight is 442 g/mol. The van der Waals surface area contributed by atoms with E-state index in [1.54, 1.807) is 43.1 Å². The van der Waals surface area contributed by atoms with Crippen molar-refractivity contribution >= 4 is 40.0 Å². The lowest BCUT2D eigenvalue weighted by molar-refractivity contribution is -0.118. The number of anilines is 1. The molecule has 3 rings (SSSR count). The highest BCUT2D eigenvalue weighted by atomic mass is 32.2. The molecule has 1 atom stereocenters. The molecule has 0 saturated heterocycles. The summed E-state index contributed by atoms with van der Waals surface area (Å²) in [5.41, 5.74) is 2.26. The number of aromatic nitrogens is 1. The molecule has 156 valence electrons. The second kappa shape index (κ2) is 10.8. The standard InChI is InChI=1S/C22H23N3O3S2/c1-28-17-10-8-16(9-11-17)20(26)23-18(12-13-29-2)21(27)25-22-24-19(14-30-22)15-6-4-3-5-7-15/h3-11,14,18H,12-13H2,1-2H3,(H,23,26)(H,24,25,27). The predicted molar refractivity (Wildman–Crippen MR) is 123 cm³/mol. The fourth-order valence-corrected chi connectivity index (χ4v) is 3.95. The largest absolute Gasteiger partial charge is 0.497 e. The lowest BCUT2D eigenvalue weighted by Gasteiger charge is -2.17.